The lowest BCUT2D eigenvalue weighted by Gasteiger charge is -2.35. The van der Waals surface area contributed by atoms with Gasteiger partial charge in [0.2, 0.25) is 5.95 Å². The van der Waals surface area contributed by atoms with Crippen LogP contribution in [0.1, 0.15) is 43.5 Å². The van der Waals surface area contributed by atoms with Crippen LogP contribution in [-0.4, -0.2) is 65.8 Å². The highest BCUT2D eigenvalue weighted by atomic mass is 16.5. The average Bonchev–Trinajstić information content (AvgIpc) is 2.81. The number of ether oxygens (including phenoxy) is 1. The monoisotopic (exact) mass is 396 g/mol. The summed E-state index contributed by atoms with van der Waals surface area (Å²) < 4.78 is 5.48. The van der Waals surface area contributed by atoms with Crippen LogP contribution in [0.2, 0.25) is 0 Å². The summed E-state index contributed by atoms with van der Waals surface area (Å²) in [5, 5.41) is 3.62. The zero-order valence-electron chi connectivity index (χ0n) is 17.4. The fourth-order valence-corrected chi connectivity index (χ4v) is 4.12. The third kappa shape index (κ3) is 5.22. The Morgan fingerprint density at radius 1 is 1.10 bits per heavy atom. The van der Waals surface area contributed by atoms with E-state index in [1.165, 1.54) is 24.8 Å². The topological polar surface area (TPSA) is 66.4 Å². The van der Waals surface area contributed by atoms with E-state index in [9.17, 15) is 0 Å². The molecule has 0 saturated carbocycles. The molecule has 4 heterocycles. The molecule has 2 aromatic rings. The Morgan fingerprint density at radius 2 is 1.93 bits per heavy atom. The van der Waals surface area contributed by atoms with Crippen molar-refractivity contribution in [2.45, 2.75) is 38.6 Å². The highest BCUT2D eigenvalue weighted by Crippen LogP contribution is 2.25. The van der Waals surface area contributed by atoms with E-state index in [4.69, 9.17) is 14.7 Å². The summed E-state index contributed by atoms with van der Waals surface area (Å²) in [6.07, 6.45) is 8.61. The molecule has 29 heavy (non-hydrogen) atoms. The molecule has 1 atom stereocenters. The third-order valence-corrected chi connectivity index (χ3v) is 5.80. The Balaban J connectivity index is 1.51. The zero-order valence-corrected chi connectivity index (χ0v) is 17.4. The van der Waals surface area contributed by atoms with Gasteiger partial charge in [-0.3, -0.25) is 9.88 Å². The molecule has 0 bridgehead atoms. The Labute approximate surface area is 173 Å². The van der Waals surface area contributed by atoms with E-state index in [0.29, 0.717) is 6.04 Å². The number of morpholine rings is 1. The van der Waals surface area contributed by atoms with Crippen molar-refractivity contribution in [3.63, 3.8) is 0 Å². The lowest BCUT2D eigenvalue weighted by atomic mass is 10.0. The Kier molecular flexibility index (Phi) is 6.90. The van der Waals surface area contributed by atoms with Gasteiger partial charge in [0.1, 0.15) is 5.82 Å². The Morgan fingerprint density at radius 3 is 2.66 bits per heavy atom. The number of nitrogens with zero attached hydrogens (tertiary/aromatic N) is 5. The number of hydrogen-bond acceptors (Lipinski definition) is 7. The van der Waals surface area contributed by atoms with Crippen LogP contribution in [0.4, 0.5) is 11.8 Å². The average molecular weight is 397 g/mol. The first-order chi connectivity index (χ1) is 14.3. The standard InChI is InChI=1S/C22H32N6O/c1-2-19-15-21(26-22(25-19)28-11-13-29-14-12-28)24-17-20(18-7-6-8-23-16-18)27-9-4-3-5-10-27/h6-8,15-16,20H,2-5,9-14,17H2,1H3,(H,24,25,26). The predicted octanol–water partition coefficient (Wildman–Crippen LogP) is 2.91. The lowest BCUT2D eigenvalue weighted by molar-refractivity contribution is 0.122. The van der Waals surface area contributed by atoms with Gasteiger partial charge in [-0.05, 0) is 44.0 Å². The molecule has 2 fully saturated rings. The van der Waals surface area contributed by atoms with Gasteiger partial charge in [-0.1, -0.05) is 19.4 Å². The Bertz CT molecular complexity index is 759. The second-order valence-corrected chi connectivity index (χ2v) is 7.78. The summed E-state index contributed by atoms with van der Waals surface area (Å²) in [4.78, 5) is 18.7. The summed E-state index contributed by atoms with van der Waals surface area (Å²) >= 11 is 0. The molecule has 1 N–H and O–H groups in total. The van der Waals surface area contributed by atoms with Gasteiger partial charge in [0, 0.05) is 43.8 Å². The van der Waals surface area contributed by atoms with Crippen LogP contribution in [0.3, 0.4) is 0 Å². The molecule has 7 nitrogen and oxygen atoms in total. The molecular weight excluding hydrogens is 364 g/mol. The maximum atomic E-state index is 5.48. The van der Waals surface area contributed by atoms with E-state index in [2.05, 4.69) is 39.2 Å². The van der Waals surface area contributed by atoms with E-state index in [-0.39, 0.29) is 0 Å². The van der Waals surface area contributed by atoms with Crippen molar-refractivity contribution in [1.82, 2.24) is 19.9 Å². The van der Waals surface area contributed by atoms with Crippen molar-refractivity contribution in [2.24, 2.45) is 0 Å². The minimum Gasteiger partial charge on any atom is -0.378 e. The summed E-state index contributed by atoms with van der Waals surface area (Å²) in [7, 11) is 0. The van der Waals surface area contributed by atoms with Gasteiger partial charge in [-0.15, -0.1) is 0 Å². The number of likely N-dealkylation sites (tertiary alicyclic amines) is 1. The Hall–Kier alpha value is -2.25. The molecule has 2 aromatic heterocycles. The zero-order chi connectivity index (χ0) is 19.9. The molecule has 4 rings (SSSR count). The van der Waals surface area contributed by atoms with E-state index in [1.54, 1.807) is 0 Å². The number of pyridine rings is 1. The lowest BCUT2D eigenvalue weighted by Crippen LogP contribution is -2.38. The number of aryl methyl sites for hydroxylation is 1. The van der Waals surface area contributed by atoms with Crippen molar-refractivity contribution in [3.8, 4) is 0 Å². The first-order valence-corrected chi connectivity index (χ1v) is 10.9. The minimum absolute atomic E-state index is 0.302. The number of nitrogens with one attached hydrogen (secondary N) is 1. The van der Waals surface area contributed by atoms with E-state index >= 15 is 0 Å². The van der Waals surface area contributed by atoms with Gasteiger partial charge in [0.05, 0.1) is 19.3 Å². The maximum absolute atomic E-state index is 5.48. The van der Waals surface area contributed by atoms with Crippen LogP contribution in [0, 0.1) is 0 Å². The van der Waals surface area contributed by atoms with E-state index in [1.807, 2.05) is 18.5 Å². The van der Waals surface area contributed by atoms with Crippen LogP contribution in [-0.2, 0) is 11.2 Å². The highest BCUT2D eigenvalue weighted by Gasteiger charge is 2.23. The molecule has 1 unspecified atom stereocenters. The predicted molar refractivity (Wildman–Crippen MR) is 115 cm³/mol. The summed E-state index contributed by atoms with van der Waals surface area (Å²) in [5.74, 6) is 1.72. The molecule has 2 aliphatic heterocycles. The SMILES string of the molecule is CCc1cc(NCC(c2cccnc2)N2CCCCC2)nc(N2CCOCC2)n1. The van der Waals surface area contributed by atoms with Crippen molar-refractivity contribution < 1.29 is 4.74 Å². The van der Waals surface area contributed by atoms with E-state index in [0.717, 1.165) is 69.8 Å². The van der Waals surface area contributed by atoms with Crippen molar-refractivity contribution >= 4 is 11.8 Å². The number of anilines is 2. The number of piperidine rings is 1. The largest absolute Gasteiger partial charge is 0.378 e. The summed E-state index contributed by atoms with van der Waals surface area (Å²) in [5.41, 5.74) is 2.33. The van der Waals surface area contributed by atoms with Gasteiger partial charge < -0.3 is 15.0 Å². The molecule has 156 valence electrons. The van der Waals surface area contributed by atoms with Crippen LogP contribution in [0.5, 0.6) is 0 Å². The number of rotatable bonds is 7. The minimum atomic E-state index is 0.302. The highest BCUT2D eigenvalue weighted by molar-refractivity contribution is 5.44. The van der Waals surface area contributed by atoms with Gasteiger partial charge in [-0.25, -0.2) is 4.98 Å². The molecule has 0 aromatic carbocycles. The molecule has 2 saturated heterocycles. The van der Waals surface area contributed by atoms with Crippen LogP contribution in [0.25, 0.3) is 0 Å². The number of aromatic nitrogens is 3. The molecule has 0 aliphatic carbocycles. The second kappa shape index (κ2) is 9.98. The van der Waals surface area contributed by atoms with Crippen LogP contribution < -0.4 is 10.2 Å². The quantitative estimate of drug-likeness (QED) is 0.772. The van der Waals surface area contributed by atoms with Crippen molar-refractivity contribution in [2.75, 3.05) is 56.2 Å². The fraction of sp³-hybridized carbons (Fsp3) is 0.591. The molecule has 7 heteroatoms. The molecule has 2 aliphatic rings. The van der Waals surface area contributed by atoms with Gasteiger partial charge in [-0.2, -0.15) is 4.98 Å². The smallest absolute Gasteiger partial charge is 0.227 e. The number of hydrogen-bond donors (Lipinski definition) is 1. The third-order valence-electron chi connectivity index (χ3n) is 5.80. The van der Waals surface area contributed by atoms with Gasteiger partial charge in [0.15, 0.2) is 0 Å². The first kappa shape index (κ1) is 20.0. The summed E-state index contributed by atoms with van der Waals surface area (Å²) in [6, 6.07) is 6.60. The molecule has 0 spiro atoms. The molecule has 0 amide bonds. The van der Waals surface area contributed by atoms with Gasteiger partial charge >= 0.3 is 0 Å². The maximum Gasteiger partial charge on any atom is 0.227 e. The van der Waals surface area contributed by atoms with Crippen LogP contribution in [0.15, 0.2) is 30.6 Å². The molecule has 0 radical (unpaired) electrons. The second-order valence-electron chi connectivity index (χ2n) is 7.78. The summed E-state index contributed by atoms with van der Waals surface area (Å²) in [6.45, 7) is 8.41. The van der Waals surface area contributed by atoms with Crippen LogP contribution >= 0.6 is 0 Å². The van der Waals surface area contributed by atoms with E-state index < -0.39 is 0 Å². The van der Waals surface area contributed by atoms with Crippen molar-refractivity contribution in [1.29, 1.82) is 0 Å². The molecular formula is C22H32N6O. The fourth-order valence-electron chi connectivity index (χ4n) is 4.12. The van der Waals surface area contributed by atoms with Crippen molar-refractivity contribution in [3.05, 3.63) is 41.9 Å². The first-order valence-electron chi connectivity index (χ1n) is 10.9. The normalized spacial score (nSPS) is 19.1. The van der Waals surface area contributed by atoms with Gasteiger partial charge in [0.25, 0.3) is 0 Å².